The summed E-state index contributed by atoms with van der Waals surface area (Å²) in [5.41, 5.74) is 3.43. The lowest BCUT2D eigenvalue weighted by atomic mass is 10.0. The molecule has 1 heterocycles. The van der Waals surface area contributed by atoms with Gasteiger partial charge in [-0.1, -0.05) is 12.1 Å². The molecule has 1 amide bonds. The molecule has 1 aromatic rings. The highest BCUT2D eigenvalue weighted by atomic mass is 16.2. The number of Topliss-reactive ketones (excluding diaryl/α,β-unsaturated/α-hetero) is 1. The summed E-state index contributed by atoms with van der Waals surface area (Å²) in [6, 6.07) is 6.00. The molecule has 1 aliphatic heterocycles. The summed E-state index contributed by atoms with van der Waals surface area (Å²) in [5, 5.41) is 6.24. The van der Waals surface area contributed by atoms with Gasteiger partial charge in [0.05, 0.1) is 0 Å². The Labute approximate surface area is 143 Å². The molecule has 1 aromatic carbocycles. The monoisotopic (exact) mass is 329 g/mol. The average Bonchev–Trinajstić information content (AvgIpc) is 3.08. The van der Waals surface area contributed by atoms with E-state index in [4.69, 9.17) is 0 Å². The van der Waals surface area contributed by atoms with Crippen molar-refractivity contribution >= 4 is 11.7 Å². The van der Waals surface area contributed by atoms with E-state index in [1.54, 1.807) is 0 Å². The highest BCUT2D eigenvalue weighted by Gasteiger charge is 2.15. The molecule has 1 aliphatic carbocycles. The van der Waals surface area contributed by atoms with Gasteiger partial charge in [0, 0.05) is 57.7 Å². The Morgan fingerprint density at radius 2 is 1.88 bits per heavy atom. The highest BCUT2D eigenvalue weighted by Crippen LogP contribution is 2.23. The third-order valence-electron chi connectivity index (χ3n) is 4.96. The second-order valence-electron chi connectivity index (χ2n) is 6.70. The van der Waals surface area contributed by atoms with Crippen LogP contribution in [-0.4, -0.2) is 55.9 Å². The number of hydrogen-bond donors (Lipinski definition) is 2. The normalized spacial score (nSPS) is 17.5. The molecule has 0 saturated carbocycles. The van der Waals surface area contributed by atoms with Gasteiger partial charge in [-0.3, -0.25) is 14.5 Å². The first-order valence-electron chi connectivity index (χ1n) is 9.07. The van der Waals surface area contributed by atoms with Crippen LogP contribution in [0.25, 0.3) is 0 Å². The zero-order chi connectivity index (χ0) is 16.8. The summed E-state index contributed by atoms with van der Waals surface area (Å²) in [6.45, 7) is 5.64. The number of nitrogens with one attached hydrogen (secondary N) is 2. The van der Waals surface area contributed by atoms with Gasteiger partial charge in [0.2, 0.25) is 5.91 Å². The van der Waals surface area contributed by atoms with E-state index in [1.807, 2.05) is 12.1 Å². The lowest BCUT2D eigenvalue weighted by Gasteiger charge is -2.27. The standard InChI is InChI=1S/C19H27N3O2/c23-18(17-5-4-15-2-1-3-16(15)14-17)6-7-19(24)21-10-13-22-11-8-20-9-12-22/h4-5,14,20H,1-3,6-13H2,(H,21,24). The number of fused-ring (bicyclic) bond motifs is 1. The van der Waals surface area contributed by atoms with Crippen LogP contribution in [0.15, 0.2) is 18.2 Å². The smallest absolute Gasteiger partial charge is 0.220 e. The van der Waals surface area contributed by atoms with Crippen molar-refractivity contribution in [1.82, 2.24) is 15.5 Å². The minimum atomic E-state index is -0.0281. The third kappa shape index (κ3) is 4.65. The second-order valence-corrected chi connectivity index (χ2v) is 6.70. The number of aryl methyl sites for hydroxylation is 2. The summed E-state index contributed by atoms with van der Waals surface area (Å²) in [5.74, 6) is 0.0431. The first kappa shape index (κ1) is 17.1. The van der Waals surface area contributed by atoms with Gasteiger partial charge in [0.25, 0.3) is 0 Å². The molecule has 0 spiro atoms. The molecule has 0 unspecified atom stereocenters. The maximum absolute atomic E-state index is 12.3. The van der Waals surface area contributed by atoms with E-state index in [0.29, 0.717) is 6.54 Å². The fourth-order valence-electron chi connectivity index (χ4n) is 3.49. The minimum absolute atomic E-state index is 0.0281. The van der Waals surface area contributed by atoms with Gasteiger partial charge in [0.1, 0.15) is 0 Å². The second kappa shape index (κ2) is 8.40. The minimum Gasteiger partial charge on any atom is -0.355 e. The lowest BCUT2D eigenvalue weighted by Crippen LogP contribution is -2.46. The zero-order valence-corrected chi connectivity index (χ0v) is 14.3. The number of carbonyl (C=O) groups is 2. The molecule has 0 atom stereocenters. The fourth-order valence-corrected chi connectivity index (χ4v) is 3.49. The molecule has 24 heavy (non-hydrogen) atoms. The van der Waals surface area contributed by atoms with Crippen molar-refractivity contribution in [2.75, 3.05) is 39.3 Å². The van der Waals surface area contributed by atoms with E-state index in [0.717, 1.165) is 51.1 Å². The summed E-state index contributed by atoms with van der Waals surface area (Å²) in [4.78, 5) is 26.5. The van der Waals surface area contributed by atoms with Crippen LogP contribution in [0.3, 0.4) is 0 Å². The van der Waals surface area contributed by atoms with Crippen LogP contribution in [0.5, 0.6) is 0 Å². The molecule has 1 fully saturated rings. The number of piperazine rings is 1. The van der Waals surface area contributed by atoms with Gasteiger partial charge >= 0.3 is 0 Å². The third-order valence-corrected chi connectivity index (χ3v) is 4.96. The molecule has 2 N–H and O–H groups in total. The lowest BCUT2D eigenvalue weighted by molar-refractivity contribution is -0.121. The van der Waals surface area contributed by atoms with E-state index in [2.05, 4.69) is 21.6 Å². The molecule has 5 nitrogen and oxygen atoms in total. The van der Waals surface area contributed by atoms with Gasteiger partial charge in [-0.05, 0) is 36.5 Å². The van der Waals surface area contributed by atoms with Crippen molar-refractivity contribution in [3.05, 3.63) is 34.9 Å². The van der Waals surface area contributed by atoms with Crippen LogP contribution in [0.2, 0.25) is 0 Å². The molecule has 1 saturated heterocycles. The van der Waals surface area contributed by atoms with Crippen molar-refractivity contribution < 1.29 is 9.59 Å². The summed E-state index contributed by atoms with van der Waals surface area (Å²) in [7, 11) is 0. The molecule has 0 bridgehead atoms. The molecule has 0 radical (unpaired) electrons. The summed E-state index contributed by atoms with van der Waals surface area (Å²) in [6.07, 6.45) is 3.94. The Balaban J connectivity index is 1.37. The zero-order valence-electron chi connectivity index (χ0n) is 14.3. The molecular weight excluding hydrogens is 302 g/mol. The largest absolute Gasteiger partial charge is 0.355 e. The molecular formula is C19H27N3O2. The predicted molar refractivity (Wildman–Crippen MR) is 94.4 cm³/mol. The maximum atomic E-state index is 12.3. The molecule has 2 aliphatic rings. The molecule has 130 valence electrons. The van der Waals surface area contributed by atoms with E-state index in [9.17, 15) is 9.59 Å². The fraction of sp³-hybridized carbons (Fsp3) is 0.579. The van der Waals surface area contributed by atoms with Crippen LogP contribution < -0.4 is 10.6 Å². The Morgan fingerprint density at radius 3 is 2.71 bits per heavy atom. The Bertz CT molecular complexity index is 594. The number of ketones is 1. The van der Waals surface area contributed by atoms with Gasteiger partial charge in [-0.15, -0.1) is 0 Å². The van der Waals surface area contributed by atoms with Crippen LogP contribution in [0, 0.1) is 0 Å². The van der Waals surface area contributed by atoms with E-state index in [1.165, 1.54) is 17.5 Å². The van der Waals surface area contributed by atoms with Crippen LogP contribution in [-0.2, 0) is 17.6 Å². The highest BCUT2D eigenvalue weighted by molar-refractivity contribution is 5.98. The summed E-state index contributed by atoms with van der Waals surface area (Å²) >= 11 is 0. The van der Waals surface area contributed by atoms with Crippen molar-refractivity contribution in [1.29, 1.82) is 0 Å². The average molecular weight is 329 g/mol. The SMILES string of the molecule is O=C(CCC(=O)c1ccc2c(c1)CCC2)NCCN1CCNCC1. The Hall–Kier alpha value is -1.72. The van der Waals surface area contributed by atoms with Crippen LogP contribution >= 0.6 is 0 Å². The van der Waals surface area contributed by atoms with Crippen LogP contribution in [0.4, 0.5) is 0 Å². The van der Waals surface area contributed by atoms with Gasteiger partial charge in [-0.25, -0.2) is 0 Å². The first-order chi connectivity index (χ1) is 11.7. The van der Waals surface area contributed by atoms with E-state index in [-0.39, 0.29) is 24.5 Å². The predicted octanol–water partition coefficient (Wildman–Crippen LogP) is 1.16. The first-order valence-corrected chi connectivity index (χ1v) is 9.07. The Morgan fingerprint density at radius 1 is 1.08 bits per heavy atom. The molecule has 3 rings (SSSR count). The van der Waals surface area contributed by atoms with Crippen molar-refractivity contribution in [2.24, 2.45) is 0 Å². The number of amides is 1. The molecule has 0 aromatic heterocycles. The number of nitrogens with zero attached hydrogens (tertiary/aromatic N) is 1. The topological polar surface area (TPSA) is 61.4 Å². The number of carbonyl (C=O) groups excluding carboxylic acids is 2. The number of hydrogen-bond acceptors (Lipinski definition) is 4. The quantitative estimate of drug-likeness (QED) is 0.737. The van der Waals surface area contributed by atoms with E-state index >= 15 is 0 Å². The summed E-state index contributed by atoms with van der Waals surface area (Å²) < 4.78 is 0. The molecule has 5 heteroatoms. The van der Waals surface area contributed by atoms with Gasteiger partial charge in [0.15, 0.2) is 5.78 Å². The van der Waals surface area contributed by atoms with Crippen molar-refractivity contribution in [3.8, 4) is 0 Å². The van der Waals surface area contributed by atoms with Crippen molar-refractivity contribution in [3.63, 3.8) is 0 Å². The Kier molecular flexibility index (Phi) is 5.99. The van der Waals surface area contributed by atoms with Gasteiger partial charge in [-0.2, -0.15) is 0 Å². The van der Waals surface area contributed by atoms with E-state index < -0.39 is 0 Å². The van der Waals surface area contributed by atoms with Gasteiger partial charge < -0.3 is 10.6 Å². The number of rotatable bonds is 7. The number of benzene rings is 1. The maximum Gasteiger partial charge on any atom is 0.220 e. The van der Waals surface area contributed by atoms with Crippen molar-refractivity contribution in [2.45, 2.75) is 32.1 Å². The van der Waals surface area contributed by atoms with Crippen LogP contribution in [0.1, 0.15) is 40.7 Å².